The first-order valence-corrected chi connectivity index (χ1v) is 7.00. The first-order chi connectivity index (χ1) is 8.46. The van der Waals surface area contributed by atoms with Crippen LogP contribution in [0.3, 0.4) is 0 Å². The van der Waals surface area contributed by atoms with Crippen LogP contribution in [0.1, 0.15) is 45.1 Å². The Kier molecular flexibility index (Phi) is 4.18. The molecule has 0 atom stereocenters. The van der Waals surface area contributed by atoms with Crippen molar-refractivity contribution >= 4 is 17.3 Å². The fourth-order valence-electron chi connectivity index (χ4n) is 2.44. The minimum absolute atomic E-state index is 0.383. The van der Waals surface area contributed by atoms with E-state index in [0.717, 1.165) is 24.1 Å². The van der Waals surface area contributed by atoms with Gasteiger partial charge in [0.1, 0.15) is 0 Å². The molecule has 0 spiro atoms. The molecule has 100 valence electrons. The molecule has 2 N–H and O–H groups in total. The second-order valence-corrected chi connectivity index (χ2v) is 6.45. The summed E-state index contributed by atoms with van der Waals surface area (Å²) in [5, 5.41) is 0.677. The van der Waals surface area contributed by atoms with Crippen molar-refractivity contribution in [1.29, 1.82) is 0 Å². The largest absolute Gasteiger partial charge is 0.398 e. The van der Waals surface area contributed by atoms with Crippen LogP contribution in [0.4, 0.5) is 5.69 Å². The maximum atomic E-state index is 5.96. The third-order valence-electron chi connectivity index (χ3n) is 3.87. The van der Waals surface area contributed by atoms with Crippen molar-refractivity contribution in [3.63, 3.8) is 0 Å². The maximum absolute atomic E-state index is 5.96. The van der Waals surface area contributed by atoms with Crippen LogP contribution < -0.4 is 5.73 Å². The lowest BCUT2D eigenvalue weighted by Gasteiger charge is -2.34. The lowest BCUT2D eigenvalue weighted by Crippen LogP contribution is -2.26. The molecule has 0 aliphatic heterocycles. The molecule has 0 bridgehead atoms. The fourth-order valence-corrected chi connectivity index (χ4v) is 2.62. The number of nitrogens with two attached hydrogens (primary N) is 1. The minimum Gasteiger partial charge on any atom is -0.398 e. The van der Waals surface area contributed by atoms with Gasteiger partial charge in [-0.25, -0.2) is 0 Å². The van der Waals surface area contributed by atoms with E-state index in [1.807, 2.05) is 12.1 Å². The molecule has 0 unspecified atom stereocenters. The Bertz CT molecular complexity index is 407. The minimum atomic E-state index is 0.383. The molecule has 1 fully saturated rings. The van der Waals surface area contributed by atoms with E-state index in [-0.39, 0.29) is 0 Å². The zero-order chi connectivity index (χ0) is 13.2. The number of anilines is 1. The van der Waals surface area contributed by atoms with Gasteiger partial charge in [-0.15, -0.1) is 0 Å². The number of hydrogen-bond acceptors (Lipinski definition) is 2. The molecule has 3 heteroatoms. The highest BCUT2D eigenvalue weighted by Gasteiger charge is 2.27. The SMILES string of the molecule is CC1(C)CCC(OCc2ccc(Cl)cc2N)CC1. The van der Waals surface area contributed by atoms with Gasteiger partial charge in [-0.3, -0.25) is 0 Å². The summed E-state index contributed by atoms with van der Waals surface area (Å²) in [5.41, 5.74) is 8.15. The molecular weight excluding hydrogens is 246 g/mol. The molecule has 1 aliphatic rings. The number of hydrogen-bond donors (Lipinski definition) is 1. The normalized spacial score (nSPS) is 19.9. The van der Waals surface area contributed by atoms with Gasteiger partial charge in [-0.05, 0) is 43.2 Å². The summed E-state index contributed by atoms with van der Waals surface area (Å²) in [5.74, 6) is 0. The number of ether oxygens (including phenoxy) is 1. The average molecular weight is 268 g/mol. The van der Waals surface area contributed by atoms with Gasteiger partial charge in [0.2, 0.25) is 0 Å². The molecule has 2 nitrogen and oxygen atoms in total. The smallest absolute Gasteiger partial charge is 0.0740 e. The summed E-state index contributed by atoms with van der Waals surface area (Å²) in [6.07, 6.45) is 5.18. The number of halogens is 1. The van der Waals surface area contributed by atoms with Gasteiger partial charge in [0.05, 0.1) is 12.7 Å². The fraction of sp³-hybridized carbons (Fsp3) is 0.600. The van der Waals surface area contributed by atoms with Crippen LogP contribution in [0.5, 0.6) is 0 Å². The van der Waals surface area contributed by atoms with Crippen LogP contribution in [0.25, 0.3) is 0 Å². The molecule has 0 aromatic heterocycles. The Morgan fingerprint density at radius 3 is 2.61 bits per heavy atom. The van der Waals surface area contributed by atoms with Crippen LogP contribution in [0.15, 0.2) is 18.2 Å². The summed E-state index contributed by atoms with van der Waals surface area (Å²) >= 11 is 5.88. The van der Waals surface area contributed by atoms with Crippen LogP contribution in [-0.2, 0) is 11.3 Å². The third kappa shape index (κ3) is 3.63. The highest BCUT2D eigenvalue weighted by molar-refractivity contribution is 6.30. The summed E-state index contributed by atoms with van der Waals surface area (Å²) < 4.78 is 5.96. The van der Waals surface area contributed by atoms with E-state index in [2.05, 4.69) is 13.8 Å². The van der Waals surface area contributed by atoms with Crippen molar-refractivity contribution < 1.29 is 4.74 Å². The molecule has 1 saturated carbocycles. The van der Waals surface area contributed by atoms with Crippen LogP contribution >= 0.6 is 11.6 Å². The van der Waals surface area contributed by atoms with E-state index in [0.29, 0.717) is 23.1 Å². The summed E-state index contributed by atoms with van der Waals surface area (Å²) in [7, 11) is 0. The molecule has 1 aliphatic carbocycles. The Balaban J connectivity index is 1.85. The first kappa shape index (κ1) is 13.7. The number of nitrogen functional groups attached to an aromatic ring is 1. The van der Waals surface area contributed by atoms with E-state index in [1.165, 1.54) is 12.8 Å². The third-order valence-corrected chi connectivity index (χ3v) is 4.10. The van der Waals surface area contributed by atoms with Gasteiger partial charge in [-0.1, -0.05) is 31.5 Å². The van der Waals surface area contributed by atoms with Gasteiger partial charge >= 0.3 is 0 Å². The van der Waals surface area contributed by atoms with E-state index in [4.69, 9.17) is 22.1 Å². The molecule has 0 radical (unpaired) electrons. The van der Waals surface area contributed by atoms with E-state index in [9.17, 15) is 0 Å². The highest BCUT2D eigenvalue weighted by Crippen LogP contribution is 2.36. The Hall–Kier alpha value is -0.730. The van der Waals surface area contributed by atoms with Gasteiger partial charge < -0.3 is 10.5 Å². The zero-order valence-electron chi connectivity index (χ0n) is 11.2. The van der Waals surface area contributed by atoms with E-state index >= 15 is 0 Å². The molecule has 18 heavy (non-hydrogen) atoms. The zero-order valence-corrected chi connectivity index (χ0v) is 12.0. The lowest BCUT2D eigenvalue weighted by atomic mass is 9.76. The molecule has 0 amide bonds. The van der Waals surface area contributed by atoms with E-state index < -0.39 is 0 Å². The van der Waals surface area contributed by atoms with Gasteiger partial charge in [0.25, 0.3) is 0 Å². The average Bonchev–Trinajstić information content (AvgIpc) is 2.29. The second kappa shape index (κ2) is 5.50. The van der Waals surface area contributed by atoms with Crippen LogP contribution in [0, 0.1) is 5.41 Å². The second-order valence-electron chi connectivity index (χ2n) is 6.02. The predicted octanol–water partition coefficient (Wildman–Crippen LogP) is 4.41. The topological polar surface area (TPSA) is 35.2 Å². The van der Waals surface area contributed by atoms with Crippen molar-refractivity contribution in [2.75, 3.05) is 5.73 Å². The summed E-state index contributed by atoms with van der Waals surface area (Å²) in [6, 6.07) is 5.59. The standard InChI is InChI=1S/C15H22ClNO/c1-15(2)7-5-13(6-8-15)18-10-11-3-4-12(16)9-14(11)17/h3-4,9,13H,5-8,10,17H2,1-2H3. The van der Waals surface area contributed by atoms with E-state index in [1.54, 1.807) is 6.07 Å². The van der Waals surface area contributed by atoms with Crippen molar-refractivity contribution in [2.45, 2.75) is 52.2 Å². The molecular formula is C15H22ClNO. The first-order valence-electron chi connectivity index (χ1n) is 6.62. The van der Waals surface area contributed by atoms with Crippen molar-refractivity contribution in [2.24, 2.45) is 5.41 Å². The Morgan fingerprint density at radius 2 is 2.00 bits per heavy atom. The number of benzene rings is 1. The molecule has 2 rings (SSSR count). The van der Waals surface area contributed by atoms with Crippen LogP contribution in [-0.4, -0.2) is 6.10 Å². The summed E-state index contributed by atoms with van der Waals surface area (Å²) in [6.45, 7) is 5.26. The molecule has 1 aromatic carbocycles. The maximum Gasteiger partial charge on any atom is 0.0740 e. The van der Waals surface area contributed by atoms with Crippen molar-refractivity contribution in [3.8, 4) is 0 Å². The Labute approximate surface area is 114 Å². The highest BCUT2D eigenvalue weighted by atomic mass is 35.5. The monoisotopic (exact) mass is 267 g/mol. The van der Waals surface area contributed by atoms with Crippen molar-refractivity contribution in [3.05, 3.63) is 28.8 Å². The molecule has 1 aromatic rings. The lowest BCUT2D eigenvalue weighted by molar-refractivity contribution is -0.00536. The molecule has 0 heterocycles. The summed E-state index contributed by atoms with van der Waals surface area (Å²) in [4.78, 5) is 0. The quantitative estimate of drug-likeness (QED) is 0.824. The Morgan fingerprint density at radius 1 is 1.33 bits per heavy atom. The van der Waals surface area contributed by atoms with Gasteiger partial charge in [0, 0.05) is 16.3 Å². The van der Waals surface area contributed by atoms with Crippen molar-refractivity contribution in [1.82, 2.24) is 0 Å². The molecule has 0 saturated heterocycles. The van der Waals surface area contributed by atoms with Gasteiger partial charge in [0.15, 0.2) is 0 Å². The predicted molar refractivity (Wildman–Crippen MR) is 76.7 cm³/mol. The van der Waals surface area contributed by atoms with Gasteiger partial charge in [-0.2, -0.15) is 0 Å². The van der Waals surface area contributed by atoms with Crippen LogP contribution in [0.2, 0.25) is 5.02 Å². The number of rotatable bonds is 3.